The molecule has 0 spiro atoms. The fourth-order valence-electron chi connectivity index (χ4n) is 2.48. The molecule has 1 heterocycles. The molecule has 0 bridgehead atoms. The number of hydrogen-bond donors (Lipinski definition) is 1. The van der Waals surface area contributed by atoms with Crippen molar-refractivity contribution in [1.29, 1.82) is 0 Å². The summed E-state index contributed by atoms with van der Waals surface area (Å²) in [6.07, 6.45) is 0. The normalized spacial score (nSPS) is 17.8. The number of halogens is 1. The average Bonchev–Trinajstić information content (AvgIpc) is 2.39. The second kappa shape index (κ2) is 6.12. The van der Waals surface area contributed by atoms with E-state index < -0.39 is 0 Å². The lowest BCUT2D eigenvalue weighted by molar-refractivity contribution is 0.197. The zero-order chi connectivity index (χ0) is 13.9. The highest BCUT2D eigenvalue weighted by atomic mass is 35.5. The van der Waals surface area contributed by atoms with Crippen molar-refractivity contribution in [2.45, 2.75) is 19.4 Å². The van der Waals surface area contributed by atoms with Crippen LogP contribution in [0, 0.1) is 0 Å². The van der Waals surface area contributed by atoms with E-state index in [0.29, 0.717) is 0 Å². The Morgan fingerprint density at radius 1 is 1.21 bits per heavy atom. The second-order valence-corrected chi connectivity index (χ2v) is 6.31. The van der Waals surface area contributed by atoms with Gasteiger partial charge < -0.3 is 10.2 Å². The minimum absolute atomic E-state index is 0.179. The van der Waals surface area contributed by atoms with Gasteiger partial charge in [-0.2, -0.15) is 0 Å². The van der Waals surface area contributed by atoms with Crippen molar-refractivity contribution < 1.29 is 0 Å². The second-order valence-electron chi connectivity index (χ2n) is 5.88. The monoisotopic (exact) mass is 281 g/mol. The first-order chi connectivity index (χ1) is 9.00. The highest BCUT2D eigenvalue weighted by Crippen LogP contribution is 2.21. The molecule has 1 aromatic carbocycles. The molecule has 1 aliphatic heterocycles. The maximum atomic E-state index is 6.05. The van der Waals surface area contributed by atoms with Crippen LogP contribution in [0.1, 0.15) is 13.8 Å². The highest BCUT2D eigenvalue weighted by Gasteiger charge is 2.23. The summed E-state index contributed by atoms with van der Waals surface area (Å²) in [6, 6.07) is 8.14. The number of piperazine rings is 1. The van der Waals surface area contributed by atoms with Crippen molar-refractivity contribution in [1.82, 2.24) is 10.2 Å². The van der Waals surface area contributed by atoms with Crippen LogP contribution in [-0.4, -0.2) is 50.2 Å². The van der Waals surface area contributed by atoms with Gasteiger partial charge in [0.15, 0.2) is 0 Å². The molecule has 1 saturated heterocycles. The Hall–Kier alpha value is -0.770. The van der Waals surface area contributed by atoms with Crippen molar-refractivity contribution >= 4 is 17.3 Å². The Bertz CT molecular complexity index is 412. The van der Waals surface area contributed by atoms with E-state index in [9.17, 15) is 0 Å². The van der Waals surface area contributed by atoms with Crippen molar-refractivity contribution in [2.75, 3.05) is 44.7 Å². The molecule has 1 aliphatic rings. The van der Waals surface area contributed by atoms with Crippen molar-refractivity contribution in [2.24, 2.45) is 0 Å². The van der Waals surface area contributed by atoms with Gasteiger partial charge >= 0.3 is 0 Å². The molecule has 4 heteroatoms. The molecule has 0 atom stereocenters. The van der Waals surface area contributed by atoms with Crippen LogP contribution in [0.15, 0.2) is 24.3 Å². The lowest BCUT2D eigenvalue weighted by atomic mass is 10.0. The van der Waals surface area contributed by atoms with Gasteiger partial charge in [0.2, 0.25) is 0 Å². The summed E-state index contributed by atoms with van der Waals surface area (Å²) in [5.41, 5.74) is 1.41. The zero-order valence-electron chi connectivity index (χ0n) is 12.1. The number of hydrogen-bond acceptors (Lipinski definition) is 3. The summed E-state index contributed by atoms with van der Waals surface area (Å²) in [7, 11) is 2.03. The summed E-state index contributed by atoms with van der Waals surface area (Å²) in [4.78, 5) is 4.94. The molecule has 0 amide bonds. The van der Waals surface area contributed by atoms with Gasteiger partial charge in [0, 0.05) is 49.0 Å². The highest BCUT2D eigenvalue weighted by molar-refractivity contribution is 6.30. The van der Waals surface area contributed by atoms with Crippen LogP contribution in [0.25, 0.3) is 0 Å². The third kappa shape index (κ3) is 4.10. The first-order valence-electron chi connectivity index (χ1n) is 6.92. The van der Waals surface area contributed by atoms with Gasteiger partial charge in [0.1, 0.15) is 0 Å². The molecular formula is C15H24ClN3. The van der Waals surface area contributed by atoms with Crippen LogP contribution in [-0.2, 0) is 0 Å². The quantitative estimate of drug-likeness (QED) is 0.915. The number of nitrogens with zero attached hydrogens (tertiary/aromatic N) is 2. The Morgan fingerprint density at radius 2 is 1.89 bits per heavy atom. The fourth-order valence-corrected chi connectivity index (χ4v) is 2.66. The number of benzene rings is 1. The molecule has 0 aromatic heterocycles. The van der Waals surface area contributed by atoms with E-state index in [-0.39, 0.29) is 5.54 Å². The summed E-state index contributed by atoms with van der Waals surface area (Å²) in [6.45, 7) is 9.94. The van der Waals surface area contributed by atoms with Crippen molar-refractivity contribution in [3.05, 3.63) is 29.3 Å². The van der Waals surface area contributed by atoms with Crippen LogP contribution in [0.4, 0.5) is 5.69 Å². The van der Waals surface area contributed by atoms with Gasteiger partial charge in [-0.05, 0) is 39.1 Å². The molecule has 106 valence electrons. The van der Waals surface area contributed by atoms with Gasteiger partial charge in [0.25, 0.3) is 0 Å². The smallest absolute Gasteiger partial charge is 0.0426 e. The largest absolute Gasteiger partial charge is 0.369 e. The van der Waals surface area contributed by atoms with E-state index >= 15 is 0 Å². The Labute approximate surface area is 121 Å². The maximum Gasteiger partial charge on any atom is 0.0426 e. The standard InChI is InChI=1S/C15H24ClN3/c1-15(2,17-3)12-18-7-9-19(10-8-18)14-6-4-5-13(16)11-14/h4-6,11,17H,7-10,12H2,1-3H3. The summed E-state index contributed by atoms with van der Waals surface area (Å²) >= 11 is 6.05. The van der Waals surface area contributed by atoms with Gasteiger partial charge in [-0.1, -0.05) is 17.7 Å². The average molecular weight is 282 g/mol. The van der Waals surface area contributed by atoms with Crippen LogP contribution in [0.3, 0.4) is 0 Å². The number of anilines is 1. The molecule has 3 nitrogen and oxygen atoms in total. The summed E-state index contributed by atoms with van der Waals surface area (Å²) < 4.78 is 0. The minimum Gasteiger partial charge on any atom is -0.369 e. The van der Waals surface area contributed by atoms with E-state index in [2.05, 4.69) is 41.1 Å². The van der Waals surface area contributed by atoms with Gasteiger partial charge in [-0.3, -0.25) is 4.90 Å². The zero-order valence-corrected chi connectivity index (χ0v) is 12.9. The molecule has 2 rings (SSSR count). The molecule has 1 aromatic rings. The van der Waals surface area contributed by atoms with E-state index in [1.54, 1.807) is 0 Å². The summed E-state index contributed by atoms with van der Waals surface area (Å²) in [5.74, 6) is 0. The Morgan fingerprint density at radius 3 is 2.47 bits per heavy atom. The Kier molecular flexibility index (Phi) is 4.71. The van der Waals surface area contributed by atoms with Crippen molar-refractivity contribution in [3.8, 4) is 0 Å². The number of likely N-dealkylation sites (N-methyl/N-ethyl adjacent to an activating group) is 1. The SMILES string of the molecule is CNC(C)(C)CN1CCN(c2cccc(Cl)c2)CC1. The molecule has 19 heavy (non-hydrogen) atoms. The van der Waals surface area contributed by atoms with Gasteiger partial charge in [-0.25, -0.2) is 0 Å². The first kappa shape index (κ1) is 14.6. The molecule has 0 unspecified atom stereocenters. The Balaban J connectivity index is 1.89. The van der Waals surface area contributed by atoms with Crippen LogP contribution >= 0.6 is 11.6 Å². The number of nitrogens with one attached hydrogen (secondary N) is 1. The first-order valence-corrected chi connectivity index (χ1v) is 7.30. The van der Waals surface area contributed by atoms with E-state index in [4.69, 9.17) is 11.6 Å². The van der Waals surface area contributed by atoms with Gasteiger partial charge in [0.05, 0.1) is 0 Å². The molecule has 0 radical (unpaired) electrons. The number of rotatable bonds is 4. The third-order valence-electron chi connectivity index (χ3n) is 3.84. The van der Waals surface area contributed by atoms with Crippen LogP contribution in [0.5, 0.6) is 0 Å². The van der Waals surface area contributed by atoms with E-state index in [1.165, 1.54) is 5.69 Å². The topological polar surface area (TPSA) is 18.5 Å². The maximum absolute atomic E-state index is 6.05. The van der Waals surface area contributed by atoms with Crippen LogP contribution < -0.4 is 10.2 Å². The lowest BCUT2D eigenvalue weighted by Gasteiger charge is -2.39. The third-order valence-corrected chi connectivity index (χ3v) is 4.08. The predicted molar refractivity (Wildman–Crippen MR) is 83.2 cm³/mol. The molecule has 0 aliphatic carbocycles. The molecule has 1 N–H and O–H groups in total. The van der Waals surface area contributed by atoms with Crippen molar-refractivity contribution in [3.63, 3.8) is 0 Å². The van der Waals surface area contributed by atoms with E-state index in [1.807, 2.05) is 19.2 Å². The molecular weight excluding hydrogens is 258 g/mol. The minimum atomic E-state index is 0.179. The summed E-state index contributed by atoms with van der Waals surface area (Å²) in [5, 5.41) is 4.18. The van der Waals surface area contributed by atoms with Gasteiger partial charge in [-0.15, -0.1) is 0 Å². The lowest BCUT2D eigenvalue weighted by Crippen LogP contribution is -2.53. The molecule has 0 saturated carbocycles. The predicted octanol–water partition coefficient (Wildman–Crippen LogP) is 2.46. The van der Waals surface area contributed by atoms with E-state index in [0.717, 1.165) is 37.7 Å². The fraction of sp³-hybridized carbons (Fsp3) is 0.600. The van der Waals surface area contributed by atoms with Crippen LogP contribution in [0.2, 0.25) is 5.02 Å². The molecule has 1 fully saturated rings.